The summed E-state index contributed by atoms with van der Waals surface area (Å²) in [5.41, 5.74) is 0.384. The molecular weight excluding hydrogens is 106 g/mol. The molecule has 0 amide bonds. The van der Waals surface area contributed by atoms with Crippen molar-refractivity contribution >= 4 is 5.71 Å². The third-order valence-corrected chi connectivity index (χ3v) is 0.782. The van der Waals surface area contributed by atoms with Crippen molar-refractivity contribution in [2.24, 2.45) is 0 Å². The Hall–Kier alpha value is -0.410. The smallest absolute Gasteiger partial charge is 0.195 e. The van der Waals surface area contributed by atoms with Crippen molar-refractivity contribution in [1.82, 2.24) is 0 Å². The van der Waals surface area contributed by atoms with Crippen LogP contribution in [0.1, 0.15) is 6.92 Å². The highest BCUT2D eigenvalue weighted by molar-refractivity contribution is 5.81. The van der Waals surface area contributed by atoms with Crippen LogP contribution in [0, 0.1) is 5.41 Å². The third kappa shape index (κ3) is 2.04. The van der Waals surface area contributed by atoms with Crippen LogP contribution < -0.4 is 0 Å². The zero-order valence-corrected chi connectivity index (χ0v) is 5.39. The van der Waals surface area contributed by atoms with E-state index in [2.05, 4.69) is 0 Å². The lowest BCUT2D eigenvalue weighted by Gasteiger charge is -2.09. The molecule has 0 saturated carbocycles. The Morgan fingerprint density at radius 2 is 1.75 bits per heavy atom. The first kappa shape index (κ1) is 7.59. The van der Waals surface area contributed by atoms with Crippen molar-refractivity contribution < 1.29 is 9.47 Å². The van der Waals surface area contributed by atoms with E-state index in [4.69, 9.17) is 14.9 Å². The molecule has 0 aliphatic rings. The maximum Gasteiger partial charge on any atom is 0.195 e. The highest BCUT2D eigenvalue weighted by atomic mass is 16.7. The summed E-state index contributed by atoms with van der Waals surface area (Å²) < 4.78 is 9.43. The first-order valence-corrected chi connectivity index (χ1v) is 2.33. The lowest BCUT2D eigenvalue weighted by atomic mass is 10.4. The molecule has 48 valence electrons. The van der Waals surface area contributed by atoms with Crippen LogP contribution in [-0.2, 0) is 9.47 Å². The first-order valence-electron chi connectivity index (χ1n) is 2.33. The van der Waals surface area contributed by atoms with Gasteiger partial charge in [0.05, 0.1) is 5.71 Å². The van der Waals surface area contributed by atoms with Gasteiger partial charge in [-0.05, 0) is 6.92 Å². The molecule has 0 heterocycles. The number of ether oxygens (including phenoxy) is 2. The van der Waals surface area contributed by atoms with Gasteiger partial charge in [0, 0.05) is 14.2 Å². The molecule has 0 spiro atoms. The standard InChI is InChI=1S/C5H11NO2/c1-4(6)5(7-2)8-3/h5-6H,1-3H3. The first-order chi connectivity index (χ1) is 3.72. The van der Waals surface area contributed by atoms with E-state index in [1.165, 1.54) is 14.2 Å². The minimum atomic E-state index is -0.463. The number of methoxy groups -OCH3 is 2. The van der Waals surface area contributed by atoms with Gasteiger partial charge in [0.1, 0.15) is 0 Å². The number of hydrogen-bond donors (Lipinski definition) is 1. The minimum Gasteiger partial charge on any atom is -0.351 e. The van der Waals surface area contributed by atoms with Gasteiger partial charge in [-0.2, -0.15) is 0 Å². The molecule has 0 aliphatic heterocycles. The van der Waals surface area contributed by atoms with Gasteiger partial charge in [0.15, 0.2) is 6.29 Å². The van der Waals surface area contributed by atoms with E-state index in [-0.39, 0.29) is 0 Å². The third-order valence-electron chi connectivity index (χ3n) is 0.782. The van der Waals surface area contributed by atoms with E-state index in [9.17, 15) is 0 Å². The van der Waals surface area contributed by atoms with E-state index in [0.717, 1.165) is 0 Å². The van der Waals surface area contributed by atoms with Crippen LogP contribution in [0.2, 0.25) is 0 Å². The molecule has 0 aromatic rings. The van der Waals surface area contributed by atoms with Crippen molar-refractivity contribution in [2.75, 3.05) is 14.2 Å². The average Bonchev–Trinajstić information content (AvgIpc) is 1.69. The maximum absolute atomic E-state index is 7.00. The molecule has 0 fully saturated rings. The van der Waals surface area contributed by atoms with Gasteiger partial charge >= 0.3 is 0 Å². The van der Waals surface area contributed by atoms with Crippen molar-refractivity contribution in [1.29, 1.82) is 5.41 Å². The number of nitrogens with one attached hydrogen (secondary N) is 1. The lowest BCUT2D eigenvalue weighted by molar-refractivity contribution is -0.0527. The van der Waals surface area contributed by atoms with Crippen LogP contribution >= 0.6 is 0 Å². The van der Waals surface area contributed by atoms with E-state index in [1.54, 1.807) is 6.92 Å². The summed E-state index contributed by atoms with van der Waals surface area (Å²) in [6.45, 7) is 1.64. The molecule has 0 aliphatic carbocycles. The van der Waals surface area contributed by atoms with Crippen LogP contribution in [0.4, 0.5) is 0 Å². The Labute approximate surface area is 49.1 Å². The summed E-state index contributed by atoms with van der Waals surface area (Å²) in [6, 6.07) is 0. The highest BCUT2D eigenvalue weighted by Crippen LogP contribution is 1.90. The normalized spacial score (nSPS) is 10.0. The van der Waals surface area contributed by atoms with E-state index < -0.39 is 6.29 Å². The van der Waals surface area contributed by atoms with Crippen molar-refractivity contribution in [3.8, 4) is 0 Å². The van der Waals surface area contributed by atoms with Gasteiger partial charge in [-0.1, -0.05) is 0 Å². The zero-order valence-electron chi connectivity index (χ0n) is 5.39. The quantitative estimate of drug-likeness (QED) is 0.435. The Balaban J connectivity index is 3.52. The lowest BCUT2D eigenvalue weighted by Crippen LogP contribution is -2.20. The van der Waals surface area contributed by atoms with Crippen LogP contribution in [-0.4, -0.2) is 26.2 Å². The molecule has 0 aromatic carbocycles. The predicted molar refractivity (Wildman–Crippen MR) is 31.2 cm³/mol. The molecule has 0 bridgehead atoms. The fourth-order valence-corrected chi connectivity index (χ4v) is 0.450. The van der Waals surface area contributed by atoms with Gasteiger partial charge in [-0.25, -0.2) is 0 Å². The van der Waals surface area contributed by atoms with Gasteiger partial charge in [-0.15, -0.1) is 0 Å². The van der Waals surface area contributed by atoms with Crippen molar-refractivity contribution in [3.63, 3.8) is 0 Å². The molecule has 1 N–H and O–H groups in total. The maximum atomic E-state index is 7.00. The summed E-state index contributed by atoms with van der Waals surface area (Å²) in [5, 5.41) is 7.00. The van der Waals surface area contributed by atoms with Crippen LogP contribution in [0.5, 0.6) is 0 Å². The molecule has 0 radical (unpaired) electrons. The molecule has 0 unspecified atom stereocenters. The van der Waals surface area contributed by atoms with Gasteiger partial charge in [-0.3, -0.25) is 0 Å². The minimum absolute atomic E-state index is 0.384. The molecule has 0 atom stereocenters. The summed E-state index contributed by atoms with van der Waals surface area (Å²) >= 11 is 0. The Kier molecular flexibility index (Phi) is 3.39. The molecule has 8 heavy (non-hydrogen) atoms. The largest absolute Gasteiger partial charge is 0.351 e. The van der Waals surface area contributed by atoms with E-state index in [0.29, 0.717) is 5.71 Å². The van der Waals surface area contributed by atoms with Crippen LogP contribution in [0.3, 0.4) is 0 Å². The van der Waals surface area contributed by atoms with Gasteiger partial charge < -0.3 is 14.9 Å². The zero-order chi connectivity index (χ0) is 6.57. The van der Waals surface area contributed by atoms with Crippen molar-refractivity contribution in [3.05, 3.63) is 0 Å². The Bertz CT molecular complexity index is 78.5. The van der Waals surface area contributed by atoms with Crippen LogP contribution in [0.15, 0.2) is 0 Å². The second kappa shape index (κ2) is 3.57. The fourth-order valence-electron chi connectivity index (χ4n) is 0.450. The average molecular weight is 117 g/mol. The summed E-state index contributed by atoms with van der Waals surface area (Å²) in [6.07, 6.45) is -0.463. The Morgan fingerprint density at radius 1 is 1.38 bits per heavy atom. The molecular formula is C5H11NO2. The summed E-state index contributed by atoms with van der Waals surface area (Å²) in [4.78, 5) is 0. The fraction of sp³-hybridized carbons (Fsp3) is 0.800. The number of hydrogen-bond acceptors (Lipinski definition) is 3. The molecule has 0 aromatic heterocycles. The van der Waals surface area contributed by atoms with E-state index in [1.807, 2.05) is 0 Å². The Morgan fingerprint density at radius 3 is 1.75 bits per heavy atom. The summed E-state index contributed by atoms with van der Waals surface area (Å²) in [7, 11) is 3.01. The molecule has 0 saturated heterocycles. The monoisotopic (exact) mass is 117 g/mol. The predicted octanol–water partition coefficient (Wildman–Crippen LogP) is 0.645. The molecule has 0 rings (SSSR count). The molecule has 3 heteroatoms. The molecule has 3 nitrogen and oxygen atoms in total. The van der Waals surface area contributed by atoms with E-state index >= 15 is 0 Å². The van der Waals surface area contributed by atoms with Crippen molar-refractivity contribution in [2.45, 2.75) is 13.2 Å². The SMILES string of the molecule is COC(OC)C(C)=N. The van der Waals surface area contributed by atoms with Gasteiger partial charge in [0.25, 0.3) is 0 Å². The van der Waals surface area contributed by atoms with Gasteiger partial charge in [0.2, 0.25) is 0 Å². The second-order valence-corrected chi connectivity index (χ2v) is 1.49. The second-order valence-electron chi connectivity index (χ2n) is 1.49. The highest BCUT2D eigenvalue weighted by Gasteiger charge is 2.04. The topological polar surface area (TPSA) is 42.3 Å². The summed E-state index contributed by atoms with van der Waals surface area (Å²) in [5.74, 6) is 0. The van der Waals surface area contributed by atoms with Crippen LogP contribution in [0.25, 0.3) is 0 Å². The number of rotatable bonds is 3.